The van der Waals surface area contributed by atoms with Crippen LogP contribution in [-0.2, 0) is 17.8 Å². The Hall–Kier alpha value is -1.07. The van der Waals surface area contributed by atoms with E-state index in [1.807, 2.05) is 13.0 Å². The van der Waals surface area contributed by atoms with Crippen molar-refractivity contribution in [2.75, 3.05) is 6.61 Å². The molecule has 1 amide bonds. The monoisotopic (exact) mass is 340 g/mol. The molecule has 110 valence electrons. The Labute approximate surface area is 128 Å². The highest BCUT2D eigenvalue weighted by molar-refractivity contribution is 9.10. The third kappa shape index (κ3) is 3.33. The van der Waals surface area contributed by atoms with Gasteiger partial charge in [0.2, 0.25) is 5.91 Å². The molecule has 4 nitrogen and oxygen atoms in total. The van der Waals surface area contributed by atoms with E-state index in [2.05, 4.69) is 27.3 Å². The van der Waals surface area contributed by atoms with Gasteiger partial charge in [0.25, 0.3) is 0 Å². The van der Waals surface area contributed by atoms with E-state index in [1.54, 1.807) is 6.92 Å². The lowest BCUT2D eigenvalue weighted by Crippen LogP contribution is -2.51. The van der Waals surface area contributed by atoms with Gasteiger partial charge in [-0.05, 0) is 31.0 Å². The van der Waals surface area contributed by atoms with Crippen LogP contribution in [0.25, 0.3) is 0 Å². The van der Waals surface area contributed by atoms with Crippen LogP contribution in [0.1, 0.15) is 37.8 Å². The molecule has 0 saturated heterocycles. The number of rotatable bonds is 5. The molecule has 0 spiro atoms. The first kappa shape index (κ1) is 15.3. The zero-order chi connectivity index (χ0) is 14.8. The molecule has 0 saturated carbocycles. The molecule has 2 rings (SSSR count). The summed E-state index contributed by atoms with van der Waals surface area (Å²) in [6.07, 6.45) is 2.47. The van der Waals surface area contributed by atoms with Gasteiger partial charge in [-0.1, -0.05) is 29.3 Å². The number of fused-ring (bicyclic) bond motifs is 1. The fourth-order valence-corrected chi connectivity index (χ4v) is 3.04. The van der Waals surface area contributed by atoms with Gasteiger partial charge >= 0.3 is 0 Å². The van der Waals surface area contributed by atoms with Crippen molar-refractivity contribution >= 4 is 21.8 Å². The second-order valence-corrected chi connectivity index (χ2v) is 6.42. The third-order valence-electron chi connectivity index (χ3n) is 3.55. The number of halogens is 1. The number of carbonyl (C=O) groups excluding carboxylic acids is 1. The number of hydrogen-bond donors (Lipinski definition) is 2. The molecule has 1 aromatic rings. The van der Waals surface area contributed by atoms with Gasteiger partial charge in [0, 0.05) is 23.0 Å². The lowest BCUT2D eigenvalue weighted by molar-refractivity contribution is -0.126. The van der Waals surface area contributed by atoms with Crippen molar-refractivity contribution in [3.63, 3.8) is 0 Å². The Morgan fingerprint density at radius 1 is 1.55 bits per heavy atom. The molecule has 5 heteroatoms. The molecule has 1 aliphatic heterocycles. The largest absolute Gasteiger partial charge is 0.493 e. The molecule has 0 aliphatic carbocycles. The lowest BCUT2D eigenvalue weighted by Gasteiger charge is -2.23. The summed E-state index contributed by atoms with van der Waals surface area (Å²) >= 11 is 3.49. The fourth-order valence-electron chi connectivity index (χ4n) is 2.49. The molecule has 1 atom stereocenters. The van der Waals surface area contributed by atoms with Crippen LogP contribution in [0.15, 0.2) is 16.6 Å². The SMILES string of the molecule is CCCC(C)(N)C(=O)NCc1cc(Br)cc2c1OCC2. The first-order chi connectivity index (χ1) is 9.44. The molecule has 0 fully saturated rings. The Morgan fingerprint density at radius 2 is 2.30 bits per heavy atom. The zero-order valence-corrected chi connectivity index (χ0v) is 13.5. The molecule has 1 unspecified atom stereocenters. The third-order valence-corrected chi connectivity index (χ3v) is 4.01. The van der Waals surface area contributed by atoms with E-state index in [9.17, 15) is 4.79 Å². The number of nitrogens with one attached hydrogen (secondary N) is 1. The molecule has 0 aromatic heterocycles. The summed E-state index contributed by atoms with van der Waals surface area (Å²) in [6.45, 7) is 4.94. The van der Waals surface area contributed by atoms with Crippen LogP contribution in [-0.4, -0.2) is 18.1 Å². The van der Waals surface area contributed by atoms with Gasteiger partial charge in [0.05, 0.1) is 12.1 Å². The summed E-state index contributed by atoms with van der Waals surface area (Å²) in [7, 11) is 0. The van der Waals surface area contributed by atoms with Gasteiger partial charge in [-0.15, -0.1) is 0 Å². The maximum atomic E-state index is 12.1. The summed E-state index contributed by atoms with van der Waals surface area (Å²) in [4.78, 5) is 12.1. The Morgan fingerprint density at radius 3 is 3.00 bits per heavy atom. The van der Waals surface area contributed by atoms with Crippen molar-refractivity contribution in [1.29, 1.82) is 0 Å². The molecule has 0 bridgehead atoms. The number of hydrogen-bond acceptors (Lipinski definition) is 3. The summed E-state index contributed by atoms with van der Waals surface area (Å²) in [5, 5.41) is 2.92. The van der Waals surface area contributed by atoms with E-state index in [0.717, 1.165) is 28.6 Å². The van der Waals surface area contributed by atoms with Gasteiger partial charge < -0.3 is 15.8 Å². The predicted octanol–water partition coefficient (Wildman–Crippen LogP) is 2.52. The van der Waals surface area contributed by atoms with E-state index >= 15 is 0 Å². The summed E-state index contributed by atoms with van der Waals surface area (Å²) < 4.78 is 6.66. The van der Waals surface area contributed by atoms with Crippen LogP contribution in [0.4, 0.5) is 0 Å². The average Bonchev–Trinajstić information content (AvgIpc) is 2.83. The highest BCUT2D eigenvalue weighted by Gasteiger charge is 2.27. The zero-order valence-electron chi connectivity index (χ0n) is 12.0. The minimum atomic E-state index is -0.815. The van der Waals surface area contributed by atoms with Crippen molar-refractivity contribution in [1.82, 2.24) is 5.32 Å². The van der Waals surface area contributed by atoms with E-state index < -0.39 is 5.54 Å². The first-order valence-corrected chi connectivity index (χ1v) is 7.74. The number of ether oxygens (including phenoxy) is 1. The second-order valence-electron chi connectivity index (χ2n) is 5.50. The highest BCUT2D eigenvalue weighted by Crippen LogP contribution is 2.32. The quantitative estimate of drug-likeness (QED) is 0.865. The lowest BCUT2D eigenvalue weighted by atomic mass is 9.96. The maximum absolute atomic E-state index is 12.1. The minimum Gasteiger partial charge on any atom is -0.493 e. The van der Waals surface area contributed by atoms with Gasteiger partial charge in [-0.3, -0.25) is 4.79 Å². The van der Waals surface area contributed by atoms with E-state index in [-0.39, 0.29) is 5.91 Å². The van der Waals surface area contributed by atoms with Crippen molar-refractivity contribution in [2.45, 2.75) is 45.2 Å². The van der Waals surface area contributed by atoms with Crippen molar-refractivity contribution in [3.05, 3.63) is 27.7 Å². The topological polar surface area (TPSA) is 64.4 Å². The predicted molar refractivity (Wildman–Crippen MR) is 82.7 cm³/mol. The molecule has 1 aromatic carbocycles. The Balaban J connectivity index is 2.07. The molecule has 1 aliphatic rings. The Bertz CT molecular complexity index is 515. The Kier molecular flexibility index (Phi) is 4.70. The standard InChI is InChI=1S/C15H21BrN2O2/c1-3-5-15(2,17)14(19)18-9-11-8-12(16)7-10-4-6-20-13(10)11/h7-8H,3-6,9,17H2,1-2H3,(H,18,19). The van der Waals surface area contributed by atoms with Gasteiger partial charge in [-0.25, -0.2) is 0 Å². The normalized spacial score (nSPS) is 16.2. The molecular weight excluding hydrogens is 320 g/mol. The van der Waals surface area contributed by atoms with Crippen LogP contribution >= 0.6 is 15.9 Å². The molecule has 0 radical (unpaired) electrons. The van der Waals surface area contributed by atoms with Crippen LogP contribution < -0.4 is 15.8 Å². The van der Waals surface area contributed by atoms with E-state index in [0.29, 0.717) is 19.6 Å². The van der Waals surface area contributed by atoms with Crippen molar-refractivity contribution < 1.29 is 9.53 Å². The van der Waals surface area contributed by atoms with Crippen LogP contribution in [0.3, 0.4) is 0 Å². The smallest absolute Gasteiger partial charge is 0.240 e. The summed E-state index contributed by atoms with van der Waals surface area (Å²) in [5.74, 6) is 0.786. The van der Waals surface area contributed by atoms with E-state index in [4.69, 9.17) is 10.5 Å². The molecule has 1 heterocycles. The number of nitrogens with two attached hydrogens (primary N) is 1. The highest BCUT2D eigenvalue weighted by atomic mass is 79.9. The van der Waals surface area contributed by atoms with Crippen LogP contribution in [0.5, 0.6) is 5.75 Å². The molecule has 3 N–H and O–H groups in total. The summed E-state index contributed by atoms with van der Waals surface area (Å²) in [5.41, 5.74) is 7.39. The first-order valence-electron chi connectivity index (χ1n) is 6.95. The molecule has 20 heavy (non-hydrogen) atoms. The van der Waals surface area contributed by atoms with Crippen molar-refractivity contribution in [3.8, 4) is 5.75 Å². The second kappa shape index (κ2) is 6.14. The number of carbonyl (C=O) groups is 1. The number of benzene rings is 1. The summed E-state index contributed by atoms with van der Waals surface area (Å²) in [6, 6.07) is 4.05. The van der Waals surface area contributed by atoms with Crippen LogP contribution in [0, 0.1) is 0 Å². The maximum Gasteiger partial charge on any atom is 0.240 e. The molecular formula is C15H21BrN2O2. The van der Waals surface area contributed by atoms with Gasteiger partial charge in [0.15, 0.2) is 0 Å². The number of amides is 1. The van der Waals surface area contributed by atoms with Crippen molar-refractivity contribution in [2.24, 2.45) is 5.73 Å². The average molecular weight is 341 g/mol. The van der Waals surface area contributed by atoms with E-state index in [1.165, 1.54) is 5.56 Å². The minimum absolute atomic E-state index is 0.119. The van der Waals surface area contributed by atoms with Gasteiger partial charge in [0.1, 0.15) is 5.75 Å². The van der Waals surface area contributed by atoms with Gasteiger partial charge in [-0.2, -0.15) is 0 Å². The van der Waals surface area contributed by atoms with Crippen LogP contribution in [0.2, 0.25) is 0 Å². The fraction of sp³-hybridized carbons (Fsp3) is 0.533.